The third-order valence-electron chi connectivity index (χ3n) is 5.88. The van der Waals surface area contributed by atoms with Crippen LogP contribution in [0.4, 0.5) is 0 Å². The van der Waals surface area contributed by atoms with Crippen molar-refractivity contribution in [3.05, 3.63) is 0 Å². The Hall–Kier alpha value is -1.09. The van der Waals surface area contributed by atoms with Gasteiger partial charge in [-0.05, 0) is 0 Å². The highest BCUT2D eigenvalue weighted by Crippen LogP contribution is 2.32. The zero-order valence-corrected chi connectivity index (χ0v) is 17.9. The molecule has 0 radical (unpaired) electrons. The summed E-state index contributed by atoms with van der Waals surface area (Å²) in [6, 6.07) is 0. The van der Waals surface area contributed by atoms with Crippen molar-refractivity contribution in [2.24, 2.45) is 0 Å². The number of ether oxygens (including phenoxy) is 6. The van der Waals surface area contributed by atoms with Crippen LogP contribution in [0.15, 0.2) is 0 Å². The number of rotatable bonds is 7. The average Bonchev–Trinajstić information content (AvgIpc) is 2.81. The van der Waals surface area contributed by atoms with Gasteiger partial charge in [0.2, 0.25) is 0 Å². The summed E-state index contributed by atoms with van der Waals surface area (Å²) in [7, 11) is 1.11. The van der Waals surface area contributed by atoms with Crippen LogP contribution in [0.2, 0.25) is 0 Å². The third kappa shape index (κ3) is 5.35. The molecule has 3 aliphatic heterocycles. The molecule has 5 unspecified atom stereocenters. The van der Waals surface area contributed by atoms with Crippen LogP contribution in [0, 0.1) is 0 Å². The minimum Gasteiger partial charge on any atom is -0.479 e. The van der Waals surface area contributed by atoms with E-state index in [2.05, 4.69) is 0 Å². The largest absolute Gasteiger partial charge is 0.479 e. The van der Waals surface area contributed by atoms with Gasteiger partial charge in [0.1, 0.15) is 61.0 Å². The van der Waals surface area contributed by atoms with Gasteiger partial charge >= 0.3 is 5.97 Å². The van der Waals surface area contributed by atoms with Crippen molar-refractivity contribution >= 4 is 5.97 Å². The number of hydrogen-bond donors (Lipinski definition) is 9. The molecule has 3 heterocycles. The average molecular weight is 502 g/mol. The van der Waals surface area contributed by atoms with Gasteiger partial charge in [-0.3, -0.25) is 0 Å². The van der Waals surface area contributed by atoms with Crippen LogP contribution >= 0.6 is 0 Å². The highest BCUT2D eigenvalue weighted by Gasteiger charge is 2.55. The molecule has 0 aromatic rings. The van der Waals surface area contributed by atoms with Gasteiger partial charge in [0.25, 0.3) is 0 Å². The molecule has 0 bridgehead atoms. The SMILES string of the molecule is CO[C@@H]1OC(C(=O)O)[C@H](O)[C@H](O[C@@H]2OC[C@H](O)[C@H](O)C2O)C1O[C@@H]1OC(CO)[C@H](O)[C@H](O)C1O. The monoisotopic (exact) mass is 502 g/mol. The fraction of sp³-hybridized carbons (Fsp3) is 0.944. The number of carboxylic acids is 1. The molecule has 0 spiro atoms. The van der Waals surface area contributed by atoms with Crippen molar-refractivity contribution in [3.8, 4) is 0 Å². The summed E-state index contributed by atoms with van der Waals surface area (Å²) in [4.78, 5) is 11.6. The zero-order chi connectivity index (χ0) is 25.3. The first-order valence-corrected chi connectivity index (χ1v) is 10.4. The molecular formula is C18H30O16. The van der Waals surface area contributed by atoms with E-state index in [1.807, 2.05) is 0 Å². The molecule has 0 aromatic carbocycles. The second kappa shape index (κ2) is 11.3. The second-order valence-corrected chi connectivity index (χ2v) is 8.14. The van der Waals surface area contributed by atoms with Crippen molar-refractivity contribution in [2.75, 3.05) is 20.3 Å². The molecule has 14 atom stereocenters. The van der Waals surface area contributed by atoms with Crippen LogP contribution in [-0.2, 0) is 33.2 Å². The maximum atomic E-state index is 11.6. The van der Waals surface area contributed by atoms with E-state index in [1.165, 1.54) is 0 Å². The summed E-state index contributed by atoms with van der Waals surface area (Å²) < 4.78 is 31.9. The zero-order valence-electron chi connectivity index (χ0n) is 17.9. The molecule has 3 saturated heterocycles. The van der Waals surface area contributed by atoms with Crippen LogP contribution in [0.1, 0.15) is 0 Å². The standard InChI is InChI=1S/C18H30O16/c1-29-18-14(34-17-10(25)8(23)7(22)5(2-19)31-17)12(11(26)13(33-18)15(27)28)32-16-9(24)6(21)4(20)3-30-16/h4-14,16-26H,2-3H2,1H3,(H,27,28)/t4-,5?,6-,7-,8-,9?,10?,11+,12-,13?,14?,16-,17-,18+/m0/s1. The highest BCUT2D eigenvalue weighted by atomic mass is 16.8. The van der Waals surface area contributed by atoms with Crippen LogP contribution < -0.4 is 0 Å². The molecule has 0 amide bonds. The van der Waals surface area contributed by atoms with Gasteiger partial charge < -0.3 is 74.4 Å². The lowest BCUT2D eigenvalue weighted by atomic mass is 9.96. The second-order valence-electron chi connectivity index (χ2n) is 8.14. The number of aliphatic hydroxyl groups is 8. The van der Waals surface area contributed by atoms with Gasteiger partial charge in [-0.15, -0.1) is 0 Å². The van der Waals surface area contributed by atoms with Gasteiger partial charge in [-0.1, -0.05) is 0 Å². The lowest BCUT2D eigenvalue weighted by Crippen LogP contribution is -2.67. The quantitative estimate of drug-likeness (QED) is 0.157. The van der Waals surface area contributed by atoms with Gasteiger partial charge in [0.15, 0.2) is 25.0 Å². The highest BCUT2D eigenvalue weighted by molar-refractivity contribution is 5.73. The first kappa shape index (κ1) is 27.5. The molecule has 0 aliphatic carbocycles. The first-order valence-electron chi connectivity index (χ1n) is 10.4. The summed E-state index contributed by atoms with van der Waals surface area (Å²) >= 11 is 0. The Bertz CT molecular complexity index is 678. The molecule has 0 aromatic heterocycles. The topological polar surface area (TPSA) is 255 Å². The van der Waals surface area contributed by atoms with E-state index in [0.717, 1.165) is 7.11 Å². The van der Waals surface area contributed by atoms with E-state index in [9.17, 15) is 50.8 Å². The summed E-state index contributed by atoms with van der Waals surface area (Å²) in [5.74, 6) is -1.60. The smallest absolute Gasteiger partial charge is 0.335 e. The Kier molecular flexibility index (Phi) is 9.15. The summed E-state index contributed by atoms with van der Waals surface area (Å²) in [6.45, 7) is -1.22. The van der Waals surface area contributed by atoms with E-state index < -0.39 is 105 Å². The van der Waals surface area contributed by atoms with Gasteiger partial charge in [-0.25, -0.2) is 4.79 Å². The Labute approximate surface area is 192 Å². The molecule has 9 N–H and O–H groups in total. The van der Waals surface area contributed by atoms with Crippen molar-refractivity contribution in [1.29, 1.82) is 0 Å². The number of carbonyl (C=O) groups is 1. The first-order chi connectivity index (χ1) is 16.0. The Balaban J connectivity index is 1.87. The molecule has 3 rings (SSSR count). The predicted molar refractivity (Wildman–Crippen MR) is 101 cm³/mol. The van der Waals surface area contributed by atoms with E-state index >= 15 is 0 Å². The van der Waals surface area contributed by atoms with Crippen LogP contribution in [0.3, 0.4) is 0 Å². The Morgan fingerprint density at radius 2 is 1.41 bits per heavy atom. The van der Waals surface area contributed by atoms with Gasteiger partial charge in [0, 0.05) is 7.11 Å². The lowest BCUT2D eigenvalue weighted by Gasteiger charge is -2.47. The van der Waals surface area contributed by atoms with Crippen molar-refractivity contribution < 1.29 is 79.2 Å². The minimum atomic E-state index is -1.97. The normalized spacial score (nSPS) is 50.1. The van der Waals surface area contributed by atoms with Crippen LogP contribution in [0.25, 0.3) is 0 Å². The van der Waals surface area contributed by atoms with E-state index in [1.54, 1.807) is 0 Å². The summed E-state index contributed by atoms with van der Waals surface area (Å²) in [5.41, 5.74) is 0. The van der Waals surface area contributed by atoms with Crippen LogP contribution in [-0.4, -0.2) is 158 Å². The number of carboxylic acid groups (broad SMARTS) is 1. The number of aliphatic hydroxyl groups excluding tert-OH is 8. The molecular weight excluding hydrogens is 472 g/mol. The third-order valence-corrected chi connectivity index (χ3v) is 5.88. The Morgan fingerprint density at radius 3 is 2.00 bits per heavy atom. The van der Waals surface area contributed by atoms with E-state index in [-0.39, 0.29) is 0 Å². The molecule has 16 heteroatoms. The van der Waals surface area contributed by atoms with Gasteiger partial charge in [0.05, 0.1) is 13.2 Å². The van der Waals surface area contributed by atoms with E-state index in [0.29, 0.717) is 0 Å². The number of methoxy groups -OCH3 is 1. The number of aliphatic carboxylic acids is 1. The molecule has 16 nitrogen and oxygen atoms in total. The summed E-state index contributed by atoms with van der Waals surface area (Å²) in [6.07, 6.45) is -23.8. The minimum absolute atomic E-state index is 0.462. The van der Waals surface area contributed by atoms with Crippen molar-refractivity contribution in [3.63, 3.8) is 0 Å². The van der Waals surface area contributed by atoms with Crippen LogP contribution in [0.5, 0.6) is 0 Å². The molecule has 198 valence electrons. The maximum Gasteiger partial charge on any atom is 0.335 e. The fourth-order valence-corrected chi connectivity index (χ4v) is 3.91. The Morgan fingerprint density at radius 1 is 0.794 bits per heavy atom. The van der Waals surface area contributed by atoms with E-state index in [4.69, 9.17) is 28.4 Å². The maximum absolute atomic E-state index is 11.6. The number of hydrogen-bond acceptors (Lipinski definition) is 15. The molecule has 3 aliphatic rings. The predicted octanol–water partition coefficient (Wildman–Crippen LogP) is -6.19. The summed E-state index contributed by atoms with van der Waals surface area (Å²) in [5, 5.41) is 89.4. The molecule has 34 heavy (non-hydrogen) atoms. The van der Waals surface area contributed by atoms with Gasteiger partial charge in [-0.2, -0.15) is 0 Å². The molecule has 0 saturated carbocycles. The lowest BCUT2D eigenvalue weighted by molar-refractivity contribution is -0.382. The van der Waals surface area contributed by atoms with Crippen molar-refractivity contribution in [2.45, 2.75) is 86.0 Å². The van der Waals surface area contributed by atoms with Crippen molar-refractivity contribution in [1.82, 2.24) is 0 Å². The molecule has 3 fully saturated rings. The fourth-order valence-electron chi connectivity index (χ4n) is 3.91.